The Hall–Kier alpha value is -2.94. The van der Waals surface area contributed by atoms with E-state index in [0.29, 0.717) is 28.1 Å². The largest absolute Gasteiger partial charge is 0.493 e. The van der Waals surface area contributed by atoms with Crippen molar-refractivity contribution < 1.29 is 23.5 Å². The lowest BCUT2D eigenvalue weighted by molar-refractivity contribution is -0.120. The van der Waals surface area contributed by atoms with E-state index in [0.717, 1.165) is 6.42 Å². The zero-order valence-electron chi connectivity index (χ0n) is 16.7. The standard InChI is InChI=1S/C21H23BrFN3O4/c1-3-10-30-20-16(22)11-14(12-18(20)29-2)13-25-26-19(27)8-9-24-21(28)15-6-4-5-7-17(15)23/h4-7,11-13H,3,8-10H2,1-2H3,(H,24,28)(H,26,27). The molecule has 0 aliphatic heterocycles. The minimum atomic E-state index is -0.614. The van der Waals surface area contributed by atoms with Crippen LogP contribution in [0.3, 0.4) is 0 Å². The molecule has 0 saturated heterocycles. The van der Waals surface area contributed by atoms with Crippen LogP contribution in [0.5, 0.6) is 11.5 Å². The van der Waals surface area contributed by atoms with E-state index in [1.165, 1.54) is 24.4 Å². The van der Waals surface area contributed by atoms with Crippen molar-refractivity contribution in [1.82, 2.24) is 10.7 Å². The molecule has 0 radical (unpaired) electrons. The number of hydrazone groups is 1. The Kier molecular flexibility index (Phi) is 9.27. The summed E-state index contributed by atoms with van der Waals surface area (Å²) in [6.07, 6.45) is 2.33. The first kappa shape index (κ1) is 23.3. The second-order valence-electron chi connectivity index (χ2n) is 6.16. The molecule has 0 heterocycles. The molecule has 160 valence electrons. The second-order valence-corrected chi connectivity index (χ2v) is 7.02. The molecule has 0 spiro atoms. The van der Waals surface area contributed by atoms with Crippen LogP contribution in [0, 0.1) is 5.82 Å². The lowest BCUT2D eigenvalue weighted by atomic mass is 10.2. The molecule has 2 rings (SSSR count). The lowest BCUT2D eigenvalue weighted by Crippen LogP contribution is -2.29. The Morgan fingerprint density at radius 1 is 1.27 bits per heavy atom. The number of amides is 2. The normalized spacial score (nSPS) is 10.7. The third kappa shape index (κ3) is 6.84. The topological polar surface area (TPSA) is 89.0 Å². The minimum Gasteiger partial charge on any atom is -0.493 e. The SMILES string of the molecule is CCCOc1c(Br)cc(C=NNC(=O)CCNC(=O)c2ccccc2F)cc1OC. The van der Waals surface area contributed by atoms with Gasteiger partial charge in [0.15, 0.2) is 11.5 Å². The van der Waals surface area contributed by atoms with Crippen LogP contribution in [0.25, 0.3) is 0 Å². The van der Waals surface area contributed by atoms with E-state index < -0.39 is 17.6 Å². The molecule has 9 heteroatoms. The van der Waals surface area contributed by atoms with Gasteiger partial charge < -0.3 is 14.8 Å². The highest BCUT2D eigenvalue weighted by molar-refractivity contribution is 9.10. The predicted octanol–water partition coefficient (Wildman–Crippen LogP) is 3.66. The van der Waals surface area contributed by atoms with Gasteiger partial charge in [-0.1, -0.05) is 19.1 Å². The average Bonchev–Trinajstić information content (AvgIpc) is 2.72. The maximum Gasteiger partial charge on any atom is 0.254 e. The molecule has 2 amide bonds. The van der Waals surface area contributed by atoms with Gasteiger partial charge in [-0.05, 0) is 52.2 Å². The number of carbonyl (C=O) groups is 2. The highest BCUT2D eigenvalue weighted by atomic mass is 79.9. The molecule has 0 bridgehead atoms. The molecular weight excluding hydrogens is 457 g/mol. The van der Waals surface area contributed by atoms with Gasteiger partial charge in [0.05, 0.1) is 30.0 Å². The third-order valence-electron chi connectivity index (χ3n) is 3.86. The molecule has 2 aromatic carbocycles. The summed E-state index contributed by atoms with van der Waals surface area (Å²) in [7, 11) is 1.54. The molecule has 0 unspecified atom stereocenters. The molecule has 0 aliphatic rings. The second kappa shape index (κ2) is 11.9. The number of nitrogens with zero attached hydrogens (tertiary/aromatic N) is 1. The molecule has 0 aromatic heterocycles. The van der Waals surface area contributed by atoms with Crippen molar-refractivity contribution in [3.05, 3.63) is 57.8 Å². The summed E-state index contributed by atoms with van der Waals surface area (Å²) in [6, 6.07) is 9.16. The van der Waals surface area contributed by atoms with Gasteiger partial charge in [-0.2, -0.15) is 5.10 Å². The molecule has 7 nitrogen and oxygen atoms in total. The van der Waals surface area contributed by atoms with E-state index >= 15 is 0 Å². The molecule has 0 atom stereocenters. The Morgan fingerprint density at radius 3 is 2.73 bits per heavy atom. The van der Waals surface area contributed by atoms with E-state index in [1.807, 2.05) is 6.92 Å². The van der Waals surface area contributed by atoms with Gasteiger partial charge in [-0.25, -0.2) is 9.82 Å². The summed E-state index contributed by atoms with van der Waals surface area (Å²) in [6.45, 7) is 2.62. The van der Waals surface area contributed by atoms with Crippen LogP contribution in [-0.4, -0.2) is 38.3 Å². The highest BCUT2D eigenvalue weighted by Crippen LogP contribution is 2.36. The summed E-state index contributed by atoms with van der Waals surface area (Å²) in [5.74, 6) is -0.440. The number of hydrogen-bond donors (Lipinski definition) is 2. The first-order valence-corrected chi connectivity index (χ1v) is 10.1. The van der Waals surface area contributed by atoms with Crippen LogP contribution in [0.4, 0.5) is 4.39 Å². The third-order valence-corrected chi connectivity index (χ3v) is 4.45. The summed E-state index contributed by atoms with van der Waals surface area (Å²) in [4.78, 5) is 23.8. The number of ether oxygens (including phenoxy) is 2. The van der Waals surface area contributed by atoms with Crippen LogP contribution in [0.15, 0.2) is 46.0 Å². The van der Waals surface area contributed by atoms with E-state index in [2.05, 4.69) is 31.8 Å². The van der Waals surface area contributed by atoms with Gasteiger partial charge in [0.2, 0.25) is 5.91 Å². The number of methoxy groups -OCH3 is 1. The van der Waals surface area contributed by atoms with E-state index in [9.17, 15) is 14.0 Å². The van der Waals surface area contributed by atoms with E-state index in [-0.39, 0.29) is 18.5 Å². The smallest absolute Gasteiger partial charge is 0.254 e. The van der Waals surface area contributed by atoms with Crippen LogP contribution >= 0.6 is 15.9 Å². The van der Waals surface area contributed by atoms with Crippen LogP contribution in [-0.2, 0) is 4.79 Å². The summed E-state index contributed by atoms with van der Waals surface area (Å²) in [5, 5.41) is 6.40. The Balaban J connectivity index is 1.85. The van der Waals surface area contributed by atoms with E-state index in [1.54, 1.807) is 25.3 Å². The molecule has 0 aliphatic carbocycles. The summed E-state index contributed by atoms with van der Waals surface area (Å²) < 4.78 is 25.3. The molecule has 2 N–H and O–H groups in total. The first-order valence-electron chi connectivity index (χ1n) is 9.31. The van der Waals surface area contributed by atoms with Crippen molar-refractivity contribution in [2.45, 2.75) is 19.8 Å². The van der Waals surface area contributed by atoms with Gasteiger partial charge in [-0.15, -0.1) is 0 Å². The van der Waals surface area contributed by atoms with Crippen LogP contribution in [0.1, 0.15) is 35.7 Å². The number of hydrogen-bond acceptors (Lipinski definition) is 5. The van der Waals surface area contributed by atoms with Gasteiger partial charge in [0, 0.05) is 13.0 Å². The lowest BCUT2D eigenvalue weighted by Gasteiger charge is -2.12. The zero-order chi connectivity index (χ0) is 21.9. The number of carbonyl (C=O) groups excluding carboxylic acids is 2. The molecule has 2 aromatic rings. The van der Waals surface area contributed by atoms with E-state index in [4.69, 9.17) is 9.47 Å². The molecule has 0 fully saturated rings. The van der Waals surface area contributed by atoms with Crippen LogP contribution < -0.4 is 20.2 Å². The highest BCUT2D eigenvalue weighted by Gasteiger charge is 2.12. The zero-order valence-corrected chi connectivity index (χ0v) is 18.3. The van der Waals surface area contributed by atoms with Crippen molar-refractivity contribution in [2.24, 2.45) is 5.10 Å². The Bertz CT molecular complexity index is 921. The average molecular weight is 480 g/mol. The maximum atomic E-state index is 13.5. The van der Waals surface area contributed by atoms with Gasteiger partial charge in [-0.3, -0.25) is 9.59 Å². The number of halogens is 2. The van der Waals surface area contributed by atoms with Crippen molar-refractivity contribution in [3.8, 4) is 11.5 Å². The van der Waals surface area contributed by atoms with Crippen LogP contribution in [0.2, 0.25) is 0 Å². The number of benzene rings is 2. The summed E-state index contributed by atoms with van der Waals surface area (Å²) in [5.41, 5.74) is 3.00. The van der Waals surface area contributed by atoms with Crippen molar-refractivity contribution in [1.29, 1.82) is 0 Å². The fourth-order valence-electron chi connectivity index (χ4n) is 2.42. The Morgan fingerprint density at radius 2 is 2.03 bits per heavy atom. The van der Waals surface area contributed by atoms with Gasteiger partial charge >= 0.3 is 0 Å². The maximum absolute atomic E-state index is 13.5. The predicted molar refractivity (Wildman–Crippen MR) is 116 cm³/mol. The van der Waals surface area contributed by atoms with Crippen molar-refractivity contribution in [2.75, 3.05) is 20.3 Å². The fraction of sp³-hybridized carbons (Fsp3) is 0.286. The first-order chi connectivity index (χ1) is 14.5. The number of nitrogens with one attached hydrogen (secondary N) is 2. The van der Waals surface area contributed by atoms with Crippen molar-refractivity contribution in [3.63, 3.8) is 0 Å². The number of rotatable bonds is 10. The molecular formula is C21H23BrFN3O4. The summed E-state index contributed by atoms with van der Waals surface area (Å²) >= 11 is 3.44. The minimum absolute atomic E-state index is 0.00561. The Labute approximate surface area is 182 Å². The van der Waals surface area contributed by atoms with Gasteiger partial charge in [0.25, 0.3) is 5.91 Å². The molecule has 30 heavy (non-hydrogen) atoms. The molecule has 0 saturated carbocycles. The van der Waals surface area contributed by atoms with Crippen molar-refractivity contribution >= 4 is 34.0 Å². The monoisotopic (exact) mass is 479 g/mol. The quantitative estimate of drug-likeness (QED) is 0.402. The fourth-order valence-corrected chi connectivity index (χ4v) is 3.00. The van der Waals surface area contributed by atoms with Gasteiger partial charge in [0.1, 0.15) is 5.82 Å².